The second kappa shape index (κ2) is 5.89. The maximum absolute atomic E-state index is 3.59. The standard InChI is InChI=1S/C17H18BrN/c18-15-8-4-7-14(11-15)16-9-10-19-12-17(16)13-5-2-1-3-6-13/h1-8,11,16-17,19H,9-10,12H2. The van der Waals surface area contributed by atoms with Crippen molar-refractivity contribution in [1.82, 2.24) is 5.32 Å². The van der Waals surface area contributed by atoms with Gasteiger partial charge in [0, 0.05) is 16.9 Å². The van der Waals surface area contributed by atoms with Gasteiger partial charge < -0.3 is 5.32 Å². The van der Waals surface area contributed by atoms with E-state index in [1.165, 1.54) is 22.0 Å². The van der Waals surface area contributed by atoms with Gasteiger partial charge in [-0.2, -0.15) is 0 Å². The molecule has 2 heteroatoms. The number of hydrogen-bond acceptors (Lipinski definition) is 1. The minimum absolute atomic E-state index is 0.573. The van der Waals surface area contributed by atoms with Gasteiger partial charge in [0.05, 0.1) is 0 Å². The van der Waals surface area contributed by atoms with Crippen molar-refractivity contribution in [3.8, 4) is 0 Å². The molecule has 2 aromatic rings. The fourth-order valence-corrected chi connectivity index (χ4v) is 3.46. The molecule has 1 N–H and O–H groups in total. The molecule has 1 aliphatic heterocycles. The van der Waals surface area contributed by atoms with E-state index in [4.69, 9.17) is 0 Å². The molecule has 1 saturated heterocycles. The average molecular weight is 316 g/mol. The van der Waals surface area contributed by atoms with Crippen molar-refractivity contribution >= 4 is 15.9 Å². The van der Waals surface area contributed by atoms with Gasteiger partial charge in [-0.1, -0.05) is 58.4 Å². The first kappa shape index (κ1) is 12.9. The van der Waals surface area contributed by atoms with Crippen LogP contribution in [0.4, 0.5) is 0 Å². The van der Waals surface area contributed by atoms with Crippen molar-refractivity contribution in [2.75, 3.05) is 13.1 Å². The lowest BCUT2D eigenvalue weighted by atomic mass is 9.77. The Balaban J connectivity index is 1.93. The van der Waals surface area contributed by atoms with E-state index in [1.54, 1.807) is 0 Å². The van der Waals surface area contributed by atoms with Gasteiger partial charge in [-0.3, -0.25) is 0 Å². The molecule has 2 aromatic carbocycles. The normalized spacial score (nSPS) is 23.2. The summed E-state index contributed by atoms with van der Waals surface area (Å²) in [5.74, 6) is 1.19. The largest absolute Gasteiger partial charge is 0.316 e. The molecule has 0 aromatic heterocycles. The van der Waals surface area contributed by atoms with Crippen LogP contribution in [-0.2, 0) is 0 Å². The SMILES string of the molecule is Brc1cccc(C2CCNCC2c2ccccc2)c1. The van der Waals surface area contributed by atoms with E-state index in [-0.39, 0.29) is 0 Å². The third kappa shape index (κ3) is 2.90. The van der Waals surface area contributed by atoms with Gasteiger partial charge in [0.15, 0.2) is 0 Å². The van der Waals surface area contributed by atoms with E-state index in [9.17, 15) is 0 Å². The first-order valence-electron chi connectivity index (χ1n) is 6.86. The number of halogens is 1. The van der Waals surface area contributed by atoms with Gasteiger partial charge in [0.2, 0.25) is 0 Å². The first-order valence-corrected chi connectivity index (χ1v) is 7.65. The van der Waals surface area contributed by atoms with Crippen LogP contribution < -0.4 is 5.32 Å². The number of piperidine rings is 1. The van der Waals surface area contributed by atoms with Gasteiger partial charge in [0.1, 0.15) is 0 Å². The first-order chi connectivity index (χ1) is 9.34. The Morgan fingerprint density at radius 2 is 1.68 bits per heavy atom. The Morgan fingerprint density at radius 3 is 2.47 bits per heavy atom. The quantitative estimate of drug-likeness (QED) is 0.870. The molecule has 0 radical (unpaired) electrons. The molecular formula is C17H18BrN. The van der Waals surface area contributed by atoms with Crippen LogP contribution in [0.2, 0.25) is 0 Å². The van der Waals surface area contributed by atoms with Gasteiger partial charge in [-0.15, -0.1) is 0 Å². The lowest BCUT2D eigenvalue weighted by Crippen LogP contribution is -2.34. The minimum atomic E-state index is 0.573. The second-order valence-corrected chi connectivity index (χ2v) is 6.09. The summed E-state index contributed by atoms with van der Waals surface area (Å²) >= 11 is 3.59. The molecule has 0 amide bonds. The highest BCUT2D eigenvalue weighted by molar-refractivity contribution is 9.10. The molecule has 2 atom stereocenters. The Bertz CT molecular complexity index is 538. The summed E-state index contributed by atoms with van der Waals surface area (Å²) in [6.45, 7) is 2.18. The molecule has 1 fully saturated rings. The zero-order valence-electron chi connectivity index (χ0n) is 10.9. The predicted octanol–water partition coefficient (Wildman–Crippen LogP) is 4.31. The zero-order chi connectivity index (χ0) is 13.1. The molecule has 0 saturated carbocycles. The monoisotopic (exact) mass is 315 g/mol. The Labute approximate surface area is 123 Å². The highest BCUT2D eigenvalue weighted by Crippen LogP contribution is 2.37. The maximum Gasteiger partial charge on any atom is 0.0178 e. The second-order valence-electron chi connectivity index (χ2n) is 5.17. The molecule has 2 unspecified atom stereocenters. The van der Waals surface area contributed by atoms with Crippen molar-refractivity contribution in [3.63, 3.8) is 0 Å². The van der Waals surface area contributed by atoms with Crippen LogP contribution >= 0.6 is 15.9 Å². The summed E-state index contributed by atoms with van der Waals surface area (Å²) in [6, 6.07) is 19.7. The van der Waals surface area contributed by atoms with Gasteiger partial charge in [-0.25, -0.2) is 0 Å². The fourth-order valence-electron chi connectivity index (χ4n) is 3.05. The zero-order valence-corrected chi connectivity index (χ0v) is 12.4. The highest BCUT2D eigenvalue weighted by atomic mass is 79.9. The molecule has 1 aliphatic rings. The third-order valence-corrected chi connectivity index (χ3v) is 4.48. The molecule has 0 aliphatic carbocycles. The number of benzene rings is 2. The van der Waals surface area contributed by atoms with E-state index in [0.717, 1.165) is 13.1 Å². The topological polar surface area (TPSA) is 12.0 Å². The predicted molar refractivity (Wildman–Crippen MR) is 83.6 cm³/mol. The molecule has 0 spiro atoms. The summed E-state index contributed by atoms with van der Waals surface area (Å²) in [6.07, 6.45) is 1.20. The Kier molecular flexibility index (Phi) is 4.00. The van der Waals surface area contributed by atoms with Crippen LogP contribution in [0.25, 0.3) is 0 Å². The smallest absolute Gasteiger partial charge is 0.0178 e. The van der Waals surface area contributed by atoms with E-state index >= 15 is 0 Å². The Morgan fingerprint density at radius 1 is 0.895 bits per heavy atom. The van der Waals surface area contributed by atoms with Crippen molar-refractivity contribution in [2.24, 2.45) is 0 Å². The molecule has 19 heavy (non-hydrogen) atoms. The summed E-state index contributed by atoms with van der Waals surface area (Å²) in [7, 11) is 0. The van der Waals surface area contributed by atoms with Crippen LogP contribution in [0.3, 0.4) is 0 Å². The van der Waals surface area contributed by atoms with E-state index in [0.29, 0.717) is 11.8 Å². The maximum atomic E-state index is 3.59. The van der Waals surface area contributed by atoms with Gasteiger partial charge in [-0.05, 0) is 42.1 Å². The summed E-state index contributed by atoms with van der Waals surface area (Å²) in [5.41, 5.74) is 2.89. The lowest BCUT2D eigenvalue weighted by molar-refractivity contribution is 0.404. The summed E-state index contributed by atoms with van der Waals surface area (Å²) in [4.78, 5) is 0. The van der Waals surface area contributed by atoms with Gasteiger partial charge >= 0.3 is 0 Å². The summed E-state index contributed by atoms with van der Waals surface area (Å²) in [5, 5.41) is 3.54. The van der Waals surface area contributed by atoms with Gasteiger partial charge in [0.25, 0.3) is 0 Å². The third-order valence-electron chi connectivity index (χ3n) is 3.99. The van der Waals surface area contributed by atoms with Crippen LogP contribution in [0, 0.1) is 0 Å². The minimum Gasteiger partial charge on any atom is -0.316 e. The summed E-state index contributed by atoms with van der Waals surface area (Å²) < 4.78 is 1.18. The highest BCUT2D eigenvalue weighted by Gasteiger charge is 2.27. The lowest BCUT2D eigenvalue weighted by Gasteiger charge is -2.33. The average Bonchev–Trinajstić information content (AvgIpc) is 2.48. The van der Waals surface area contributed by atoms with Crippen LogP contribution in [0.5, 0.6) is 0 Å². The molecule has 98 valence electrons. The number of rotatable bonds is 2. The van der Waals surface area contributed by atoms with Crippen LogP contribution in [0.1, 0.15) is 29.4 Å². The molecule has 3 rings (SSSR count). The van der Waals surface area contributed by atoms with Crippen LogP contribution in [-0.4, -0.2) is 13.1 Å². The fraction of sp³-hybridized carbons (Fsp3) is 0.294. The van der Waals surface area contributed by atoms with Crippen molar-refractivity contribution in [1.29, 1.82) is 0 Å². The molecule has 1 heterocycles. The molecular weight excluding hydrogens is 298 g/mol. The van der Waals surface area contributed by atoms with Crippen molar-refractivity contribution < 1.29 is 0 Å². The van der Waals surface area contributed by atoms with E-state index in [2.05, 4.69) is 75.8 Å². The number of nitrogens with one attached hydrogen (secondary N) is 1. The van der Waals surface area contributed by atoms with E-state index < -0.39 is 0 Å². The molecule has 0 bridgehead atoms. The Hall–Kier alpha value is -1.12. The number of hydrogen-bond donors (Lipinski definition) is 1. The van der Waals surface area contributed by atoms with E-state index in [1.807, 2.05) is 0 Å². The molecule has 1 nitrogen and oxygen atoms in total. The van der Waals surface area contributed by atoms with Crippen molar-refractivity contribution in [2.45, 2.75) is 18.3 Å². The van der Waals surface area contributed by atoms with Crippen molar-refractivity contribution in [3.05, 3.63) is 70.2 Å². The van der Waals surface area contributed by atoms with Crippen LogP contribution in [0.15, 0.2) is 59.1 Å².